The number of rotatable bonds is 10. The second kappa shape index (κ2) is 19.2. The van der Waals surface area contributed by atoms with Crippen LogP contribution in [0.3, 0.4) is 0 Å². The van der Waals surface area contributed by atoms with E-state index in [1.54, 1.807) is 0 Å². The fourth-order valence-electron chi connectivity index (χ4n) is 10.9. The van der Waals surface area contributed by atoms with E-state index in [4.69, 9.17) is 19.9 Å². The van der Waals surface area contributed by atoms with Gasteiger partial charge in [-0.15, -0.1) is 0 Å². The standard InChI is InChI=1S/C71H48N6/c1-47-46-60(52-18-6-2-7-19-52)68-69(65(47)53-20-8-3-9-21-53)75-67(55-40-32-49(33-41-55)51-36-44-57(45-37-51)71-73-62-27-15-17-29-64(62)77(71)59-24-12-5-13-25-59)66(74-68)54-38-30-48(31-39-54)50-34-42-56(43-35-50)70-72-61-26-14-16-28-63(61)76(70)58-22-10-4-11-23-58/h2-46H,1H3. The average Bonchev–Trinajstić information content (AvgIpc) is 4.17. The van der Waals surface area contributed by atoms with Crippen molar-refractivity contribution in [1.82, 2.24) is 29.1 Å². The summed E-state index contributed by atoms with van der Waals surface area (Å²) in [7, 11) is 0. The van der Waals surface area contributed by atoms with E-state index < -0.39 is 0 Å². The van der Waals surface area contributed by atoms with Gasteiger partial charge in [-0.3, -0.25) is 9.13 Å². The summed E-state index contributed by atoms with van der Waals surface area (Å²) in [6.45, 7) is 2.19. The fourth-order valence-corrected chi connectivity index (χ4v) is 10.9. The molecule has 14 rings (SSSR count). The second-order valence-corrected chi connectivity index (χ2v) is 19.5. The fraction of sp³-hybridized carbons (Fsp3) is 0.0141. The van der Waals surface area contributed by atoms with Gasteiger partial charge in [0.15, 0.2) is 0 Å². The molecule has 0 aliphatic carbocycles. The molecule has 11 aromatic carbocycles. The first-order valence-corrected chi connectivity index (χ1v) is 26.0. The Kier molecular flexibility index (Phi) is 11.3. The Bertz CT molecular complexity index is 4430. The van der Waals surface area contributed by atoms with Gasteiger partial charge in [-0.1, -0.05) is 218 Å². The Labute approximate surface area is 446 Å². The molecule has 3 heterocycles. The van der Waals surface area contributed by atoms with Gasteiger partial charge in [0.05, 0.1) is 44.5 Å². The summed E-state index contributed by atoms with van der Waals surface area (Å²) < 4.78 is 4.48. The van der Waals surface area contributed by atoms with Crippen molar-refractivity contribution in [1.29, 1.82) is 0 Å². The lowest BCUT2D eigenvalue weighted by Crippen LogP contribution is -2.00. The van der Waals surface area contributed by atoms with Crippen LogP contribution in [0.15, 0.2) is 273 Å². The lowest BCUT2D eigenvalue weighted by molar-refractivity contribution is 1.10. The summed E-state index contributed by atoms with van der Waals surface area (Å²) in [5.74, 6) is 1.82. The molecule has 3 aromatic heterocycles. The summed E-state index contributed by atoms with van der Waals surface area (Å²) in [5.41, 5.74) is 23.5. The van der Waals surface area contributed by atoms with Gasteiger partial charge in [-0.2, -0.15) is 0 Å². The van der Waals surface area contributed by atoms with Crippen LogP contribution in [0.5, 0.6) is 0 Å². The molecular weight excluding hydrogens is 937 g/mol. The van der Waals surface area contributed by atoms with Gasteiger partial charge in [0.25, 0.3) is 0 Å². The predicted octanol–water partition coefficient (Wildman–Crippen LogP) is 18.0. The molecule has 0 unspecified atom stereocenters. The molecule has 362 valence electrons. The molecule has 0 N–H and O–H groups in total. The summed E-state index contributed by atoms with van der Waals surface area (Å²) in [5, 5.41) is 0. The summed E-state index contributed by atoms with van der Waals surface area (Å²) in [4.78, 5) is 21.7. The summed E-state index contributed by atoms with van der Waals surface area (Å²) >= 11 is 0. The predicted molar refractivity (Wildman–Crippen MR) is 317 cm³/mol. The molecule has 77 heavy (non-hydrogen) atoms. The van der Waals surface area contributed by atoms with Crippen LogP contribution in [0.2, 0.25) is 0 Å². The van der Waals surface area contributed by atoms with Gasteiger partial charge < -0.3 is 0 Å². The van der Waals surface area contributed by atoms with E-state index in [9.17, 15) is 0 Å². The highest BCUT2D eigenvalue weighted by Gasteiger charge is 2.22. The molecule has 0 saturated heterocycles. The Hall–Kier alpha value is -10.3. The third-order valence-corrected chi connectivity index (χ3v) is 14.7. The van der Waals surface area contributed by atoms with Crippen molar-refractivity contribution in [3.8, 4) is 101 Å². The number of hydrogen-bond acceptors (Lipinski definition) is 4. The zero-order valence-electron chi connectivity index (χ0n) is 42.2. The Morgan fingerprint density at radius 2 is 0.610 bits per heavy atom. The quantitative estimate of drug-likeness (QED) is 0.137. The van der Waals surface area contributed by atoms with E-state index in [-0.39, 0.29) is 0 Å². The molecule has 0 saturated carbocycles. The SMILES string of the molecule is Cc1cc(-c2ccccc2)c2nc(-c3ccc(-c4ccc(-c5nc6ccccc6n5-c5ccccc5)cc4)cc3)c(-c3ccc(-c4ccc(-c5nc6ccccc6n5-c5ccccc5)cc4)cc3)nc2c1-c1ccccc1. The first-order chi connectivity index (χ1) is 38.1. The van der Waals surface area contributed by atoms with Crippen molar-refractivity contribution in [3.63, 3.8) is 0 Å². The normalized spacial score (nSPS) is 11.4. The van der Waals surface area contributed by atoms with Crippen molar-refractivity contribution < 1.29 is 0 Å². The number of para-hydroxylation sites is 6. The summed E-state index contributed by atoms with van der Waals surface area (Å²) in [6.07, 6.45) is 0. The maximum Gasteiger partial charge on any atom is 0.145 e. The molecule has 0 aliphatic rings. The van der Waals surface area contributed by atoms with Crippen LogP contribution >= 0.6 is 0 Å². The number of hydrogen-bond donors (Lipinski definition) is 0. The smallest absolute Gasteiger partial charge is 0.145 e. The largest absolute Gasteiger partial charge is 0.292 e. The van der Waals surface area contributed by atoms with Gasteiger partial charge in [-0.05, 0) is 100 Å². The molecule has 14 aromatic rings. The zero-order chi connectivity index (χ0) is 51.2. The van der Waals surface area contributed by atoms with Crippen molar-refractivity contribution in [2.75, 3.05) is 0 Å². The molecule has 0 amide bonds. The van der Waals surface area contributed by atoms with Crippen LogP contribution in [0.25, 0.3) is 134 Å². The molecular formula is C71H48N6. The molecule has 0 aliphatic heterocycles. The van der Waals surface area contributed by atoms with Gasteiger partial charge >= 0.3 is 0 Å². The third kappa shape index (κ3) is 8.26. The van der Waals surface area contributed by atoms with Gasteiger partial charge in [0.2, 0.25) is 0 Å². The molecule has 6 heteroatoms. The lowest BCUT2D eigenvalue weighted by Gasteiger charge is -2.18. The maximum absolute atomic E-state index is 5.73. The van der Waals surface area contributed by atoms with Gasteiger partial charge in [0.1, 0.15) is 11.6 Å². The lowest BCUT2D eigenvalue weighted by atomic mass is 9.92. The zero-order valence-corrected chi connectivity index (χ0v) is 42.2. The highest BCUT2D eigenvalue weighted by molar-refractivity contribution is 6.04. The molecule has 0 radical (unpaired) electrons. The number of benzene rings is 11. The highest BCUT2D eigenvalue weighted by atomic mass is 15.1. The third-order valence-electron chi connectivity index (χ3n) is 14.7. The number of fused-ring (bicyclic) bond motifs is 3. The van der Waals surface area contributed by atoms with Crippen LogP contribution in [0.1, 0.15) is 5.56 Å². The minimum Gasteiger partial charge on any atom is -0.292 e. The number of aromatic nitrogens is 6. The van der Waals surface area contributed by atoms with E-state index >= 15 is 0 Å². The Balaban J connectivity index is 0.859. The monoisotopic (exact) mass is 984 g/mol. The van der Waals surface area contributed by atoms with Crippen LogP contribution in [-0.4, -0.2) is 29.1 Å². The van der Waals surface area contributed by atoms with E-state index in [1.807, 2.05) is 24.3 Å². The maximum atomic E-state index is 5.73. The Morgan fingerprint density at radius 3 is 1.04 bits per heavy atom. The molecule has 0 atom stereocenters. The van der Waals surface area contributed by atoms with Crippen LogP contribution in [-0.2, 0) is 0 Å². The van der Waals surface area contributed by atoms with E-state index in [2.05, 4.69) is 265 Å². The molecule has 0 spiro atoms. The molecule has 6 nitrogen and oxygen atoms in total. The summed E-state index contributed by atoms with van der Waals surface area (Å²) in [6, 6.07) is 96.0. The molecule has 0 fully saturated rings. The minimum atomic E-state index is 0.817. The van der Waals surface area contributed by atoms with E-state index in [0.29, 0.717) is 0 Å². The van der Waals surface area contributed by atoms with Crippen molar-refractivity contribution in [3.05, 3.63) is 279 Å². The van der Waals surface area contributed by atoms with Crippen LogP contribution in [0, 0.1) is 6.92 Å². The van der Waals surface area contributed by atoms with E-state index in [1.165, 1.54) is 0 Å². The van der Waals surface area contributed by atoms with Crippen LogP contribution < -0.4 is 0 Å². The van der Waals surface area contributed by atoms with Crippen LogP contribution in [0.4, 0.5) is 0 Å². The number of imidazole rings is 2. The molecule has 0 bridgehead atoms. The van der Waals surface area contributed by atoms with Crippen molar-refractivity contribution >= 4 is 33.1 Å². The highest BCUT2D eigenvalue weighted by Crippen LogP contribution is 2.42. The van der Waals surface area contributed by atoms with Crippen molar-refractivity contribution in [2.24, 2.45) is 0 Å². The van der Waals surface area contributed by atoms with E-state index in [0.717, 1.165) is 140 Å². The topological polar surface area (TPSA) is 61.4 Å². The minimum absolute atomic E-state index is 0.817. The Morgan fingerprint density at radius 1 is 0.273 bits per heavy atom. The van der Waals surface area contributed by atoms with Gasteiger partial charge in [0, 0.05) is 44.8 Å². The average molecular weight is 985 g/mol. The second-order valence-electron chi connectivity index (χ2n) is 19.5. The number of aryl methyl sites for hydroxylation is 1. The number of nitrogens with zero attached hydrogens (tertiary/aromatic N) is 6. The first-order valence-electron chi connectivity index (χ1n) is 26.0. The van der Waals surface area contributed by atoms with Gasteiger partial charge in [-0.25, -0.2) is 19.9 Å². The first kappa shape index (κ1) is 45.3. The van der Waals surface area contributed by atoms with Crippen molar-refractivity contribution in [2.45, 2.75) is 6.92 Å².